The summed E-state index contributed by atoms with van der Waals surface area (Å²) < 4.78 is 18.4. The fourth-order valence-corrected chi connectivity index (χ4v) is 1.12. The SMILES string of the molecule is Nc1ccnc(Oc2ccccc2F)c1. The highest BCUT2D eigenvalue weighted by Crippen LogP contribution is 2.23. The van der Waals surface area contributed by atoms with Crippen LogP contribution in [0.3, 0.4) is 0 Å². The smallest absolute Gasteiger partial charge is 0.221 e. The molecule has 2 rings (SSSR count). The summed E-state index contributed by atoms with van der Waals surface area (Å²) in [5.74, 6) is -0.0163. The van der Waals surface area contributed by atoms with Gasteiger partial charge in [-0.1, -0.05) is 12.1 Å². The average Bonchev–Trinajstić information content (AvgIpc) is 2.22. The van der Waals surface area contributed by atoms with Gasteiger partial charge in [0, 0.05) is 18.0 Å². The highest BCUT2D eigenvalue weighted by molar-refractivity contribution is 5.41. The van der Waals surface area contributed by atoms with E-state index in [1.54, 1.807) is 18.2 Å². The Hall–Kier alpha value is -2.10. The maximum absolute atomic E-state index is 13.2. The van der Waals surface area contributed by atoms with Gasteiger partial charge in [0.15, 0.2) is 11.6 Å². The Morgan fingerprint density at radius 3 is 2.73 bits per heavy atom. The standard InChI is InChI=1S/C11H9FN2O/c12-9-3-1-2-4-10(9)15-11-7-8(13)5-6-14-11/h1-7H,(H2,13,14). The molecule has 0 aliphatic heterocycles. The zero-order valence-corrected chi connectivity index (χ0v) is 7.85. The van der Waals surface area contributed by atoms with Crippen molar-refractivity contribution in [1.82, 2.24) is 4.98 Å². The first-order chi connectivity index (χ1) is 7.25. The van der Waals surface area contributed by atoms with Crippen molar-refractivity contribution in [2.45, 2.75) is 0 Å². The van der Waals surface area contributed by atoms with Crippen molar-refractivity contribution in [2.24, 2.45) is 0 Å². The fourth-order valence-electron chi connectivity index (χ4n) is 1.12. The Morgan fingerprint density at radius 1 is 1.20 bits per heavy atom. The van der Waals surface area contributed by atoms with Gasteiger partial charge >= 0.3 is 0 Å². The molecular weight excluding hydrogens is 195 g/mol. The molecule has 1 aromatic heterocycles. The second-order valence-electron chi connectivity index (χ2n) is 2.96. The minimum Gasteiger partial charge on any atom is -0.436 e. The van der Waals surface area contributed by atoms with Gasteiger partial charge in [-0.2, -0.15) is 0 Å². The molecule has 0 fully saturated rings. The number of nitrogen functional groups attached to an aromatic ring is 1. The van der Waals surface area contributed by atoms with Gasteiger partial charge in [-0.3, -0.25) is 0 Å². The summed E-state index contributed by atoms with van der Waals surface area (Å²) in [5, 5.41) is 0. The van der Waals surface area contributed by atoms with E-state index in [1.807, 2.05) is 0 Å². The lowest BCUT2D eigenvalue weighted by atomic mass is 10.3. The largest absolute Gasteiger partial charge is 0.436 e. The number of hydrogen-bond donors (Lipinski definition) is 1. The van der Waals surface area contributed by atoms with Gasteiger partial charge in [0.1, 0.15) is 0 Å². The summed E-state index contributed by atoms with van der Waals surface area (Å²) in [6, 6.07) is 9.29. The van der Waals surface area contributed by atoms with E-state index in [4.69, 9.17) is 10.5 Å². The van der Waals surface area contributed by atoms with Crippen molar-refractivity contribution < 1.29 is 9.13 Å². The van der Waals surface area contributed by atoms with Crippen LogP contribution >= 0.6 is 0 Å². The Kier molecular flexibility index (Phi) is 2.49. The van der Waals surface area contributed by atoms with Crippen LogP contribution in [0, 0.1) is 5.82 Å². The van der Waals surface area contributed by atoms with Crippen molar-refractivity contribution in [1.29, 1.82) is 0 Å². The Balaban J connectivity index is 2.26. The number of ether oxygens (including phenoxy) is 1. The number of halogens is 1. The van der Waals surface area contributed by atoms with Gasteiger partial charge in [-0.15, -0.1) is 0 Å². The number of benzene rings is 1. The van der Waals surface area contributed by atoms with Crippen molar-refractivity contribution in [3.63, 3.8) is 0 Å². The molecule has 1 heterocycles. The van der Waals surface area contributed by atoms with Gasteiger partial charge in [0.2, 0.25) is 5.88 Å². The molecular formula is C11H9FN2O. The van der Waals surface area contributed by atoms with Crippen LogP contribution in [0.5, 0.6) is 11.6 Å². The van der Waals surface area contributed by atoms with Gasteiger partial charge in [0.05, 0.1) is 0 Å². The molecule has 76 valence electrons. The van der Waals surface area contributed by atoms with Gasteiger partial charge < -0.3 is 10.5 Å². The maximum atomic E-state index is 13.2. The van der Waals surface area contributed by atoms with Gasteiger partial charge in [-0.25, -0.2) is 9.37 Å². The van der Waals surface area contributed by atoms with Gasteiger partial charge in [0.25, 0.3) is 0 Å². The summed E-state index contributed by atoms with van der Waals surface area (Å²) in [6.07, 6.45) is 1.51. The fraction of sp³-hybridized carbons (Fsp3) is 0. The molecule has 3 nitrogen and oxygen atoms in total. The van der Waals surface area contributed by atoms with Crippen molar-refractivity contribution in [2.75, 3.05) is 5.73 Å². The number of aromatic nitrogens is 1. The summed E-state index contributed by atoms with van der Waals surface area (Å²) in [7, 11) is 0. The number of anilines is 1. The molecule has 0 saturated carbocycles. The number of rotatable bonds is 2. The lowest BCUT2D eigenvalue weighted by Crippen LogP contribution is -1.92. The first-order valence-electron chi connectivity index (χ1n) is 4.39. The molecule has 2 aromatic rings. The first-order valence-corrected chi connectivity index (χ1v) is 4.39. The van der Waals surface area contributed by atoms with Crippen LogP contribution in [0.1, 0.15) is 0 Å². The molecule has 0 spiro atoms. The van der Waals surface area contributed by atoms with E-state index in [1.165, 1.54) is 24.4 Å². The lowest BCUT2D eigenvalue weighted by Gasteiger charge is -2.05. The molecule has 0 unspecified atom stereocenters. The van der Waals surface area contributed by atoms with E-state index < -0.39 is 5.82 Å². The van der Waals surface area contributed by atoms with E-state index in [2.05, 4.69) is 4.98 Å². The molecule has 0 radical (unpaired) electrons. The molecule has 15 heavy (non-hydrogen) atoms. The summed E-state index contributed by atoms with van der Waals surface area (Å²) >= 11 is 0. The predicted molar refractivity (Wildman–Crippen MR) is 55.1 cm³/mol. The van der Waals surface area contributed by atoms with Crippen LogP contribution in [0.15, 0.2) is 42.6 Å². The van der Waals surface area contributed by atoms with E-state index in [-0.39, 0.29) is 11.6 Å². The number of pyridine rings is 1. The Morgan fingerprint density at radius 2 is 2.00 bits per heavy atom. The van der Waals surface area contributed by atoms with Crippen molar-refractivity contribution >= 4 is 5.69 Å². The van der Waals surface area contributed by atoms with Crippen LogP contribution in [0.2, 0.25) is 0 Å². The number of hydrogen-bond acceptors (Lipinski definition) is 3. The zero-order valence-electron chi connectivity index (χ0n) is 7.85. The third-order valence-corrected chi connectivity index (χ3v) is 1.81. The molecule has 0 saturated heterocycles. The number of nitrogens with two attached hydrogens (primary N) is 1. The maximum Gasteiger partial charge on any atom is 0.221 e. The van der Waals surface area contributed by atoms with Crippen LogP contribution in [-0.4, -0.2) is 4.98 Å². The van der Waals surface area contributed by atoms with Gasteiger partial charge in [-0.05, 0) is 18.2 Å². The minimum absolute atomic E-state index is 0.135. The predicted octanol–water partition coefficient (Wildman–Crippen LogP) is 2.60. The third-order valence-electron chi connectivity index (χ3n) is 1.81. The highest BCUT2D eigenvalue weighted by Gasteiger charge is 2.03. The highest BCUT2D eigenvalue weighted by atomic mass is 19.1. The molecule has 0 aliphatic rings. The van der Waals surface area contributed by atoms with E-state index >= 15 is 0 Å². The molecule has 2 N–H and O–H groups in total. The molecule has 0 aliphatic carbocycles. The quantitative estimate of drug-likeness (QED) is 0.817. The second-order valence-corrected chi connectivity index (χ2v) is 2.96. The van der Waals surface area contributed by atoms with Crippen LogP contribution in [0.25, 0.3) is 0 Å². The first kappa shape index (κ1) is 9.45. The number of para-hydroxylation sites is 1. The van der Waals surface area contributed by atoms with Crippen LogP contribution in [-0.2, 0) is 0 Å². The average molecular weight is 204 g/mol. The summed E-state index contributed by atoms with van der Waals surface area (Å²) in [6.45, 7) is 0. The normalized spacial score (nSPS) is 9.93. The second kappa shape index (κ2) is 3.96. The molecule has 4 heteroatoms. The van der Waals surface area contributed by atoms with E-state index in [9.17, 15) is 4.39 Å². The molecule has 0 bridgehead atoms. The zero-order chi connectivity index (χ0) is 10.7. The number of nitrogens with zero attached hydrogens (tertiary/aromatic N) is 1. The Bertz CT molecular complexity index is 474. The topological polar surface area (TPSA) is 48.1 Å². The monoisotopic (exact) mass is 204 g/mol. The minimum atomic E-state index is -0.429. The lowest BCUT2D eigenvalue weighted by molar-refractivity contribution is 0.428. The van der Waals surface area contributed by atoms with Crippen LogP contribution in [0.4, 0.5) is 10.1 Å². The van der Waals surface area contributed by atoms with E-state index in [0.717, 1.165) is 0 Å². The molecule has 0 atom stereocenters. The third kappa shape index (κ3) is 2.22. The summed E-state index contributed by atoms with van der Waals surface area (Å²) in [4.78, 5) is 3.91. The van der Waals surface area contributed by atoms with E-state index in [0.29, 0.717) is 5.69 Å². The van der Waals surface area contributed by atoms with Crippen molar-refractivity contribution in [3.8, 4) is 11.6 Å². The Labute approximate surface area is 86.3 Å². The van der Waals surface area contributed by atoms with Crippen molar-refractivity contribution in [3.05, 3.63) is 48.4 Å². The molecule has 0 amide bonds. The molecule has 1 aromatic carbocycles. The summed E-state index contributed by atoms with van der Waals surface area (Å²) in [5.41, 5.74) is 6.06. The van der Waals surface area contributed by atoms with Crippen LogP contribution < -0.4 is 10.5 Å².